The fraction of sp³-hybridized carbons (Fsp3) is 0.125. The molecule has 1 aromatic rings. The van der Waals surface area contributed by atoms with Gasteiger partial charge in [-0.1, -0.05) is 11.6 Å². The molecule has 0 heterocycles. The summed E-state index contributed by atoms with van der Waals surface area (Å²) in [5.74, 6) is -2.40. The molecule has 92 valence electrons. The van der Waals surface area contributed by atoms with Crippen molar-refractivity contribution in [1.29, 1.82) is 0 Å². The van der Waals surface area contributed by atoms with Gasteiger partial charge in [0.05, 0.1) is 11.0 Å². The molecule has 0 radical (unpaired) electrons. The lowest BCUT2D eigenvalue weighted by Gasteiger charge is -2.08. The molecule has 1 rings (SSSR count). The van der Waals surface area contributed by atoms with Crippen LogP contribution in [0.3, 0.4) is 0 Å². The topological polar surface area (TPSA) is 89.7 Å². The Morgan fingerprint density at radius 3 is 2.53 bits per heavy atom. The molecular weight excluding hydrogens is 264 g/mol. The number of ether oxygens (including phenoxy) is 1. The Bertz CT molecular complexity index is 479. The summed E-state index contributed by atoms with van der Waals surface area (Å²) in [6, 6.07) is 1.22. The van der Waals surface area contributed by atoms with Gasteiger partial charge in [0.15, 0.2) is 0 Å². The number of rotatable bonds is 4. The summed E-state index contributed by atoms with van der Waals surface area (Å²) in [5, 5.41) is 18.7. The van der Waals surface area contributed by atoms with E-state index in [1.54, 1.807) is 0 Å². The number of alkyl halides is 2. The van der Waals surface area contributed by atoms with Crippen LogP contribution in [-0.2, 0) is 0 Å². The minimum Gasteiger partial charge on any atom is -0.478 e. The van der Waals surface area contributed by atoms with Crippen molar-refractivity contribution in [1.82, 2.24) is 0 Å². The molecular formula is C8H4ClF2NO5. The van der Waals surface area contributed by atoms with Crippen LogP contribution in [0.25, 0.3) is 0 Å². The van der Waals surface area contributed by atoms with Crippen LogP contribution >= 0.6 is 11.6 Å². The number of carboxylic acids is 1. The van der Waals surface area contributed by atoms with Crippen molar-refractivity contribution >= 4 is 23.3 Å². The molecule has 17 heavy (non-hydrogen) atoms. The Balaban J connectivity index is 3.36. The summed E-state index contributed by atoms with van der Waals surface area (Å²) in [6.07, 6.45) is 0. The van der Waals surface area contributed by atoms with Crippen LogP contribution in [0.4, 0.5) is 14.5 Å². The monoisotopic (exact) mass is 267 g/mol. The van der Waals surface area contributed by atoms with Gasteiger partial charge in [-0.25, -0.2) is 4.79 Å². The summed E-state index contributed by atoms with van der Waals surface area (Å²) in [4.78, 5) is 20.2. The highest BCUT2D eigenvalue weighted by molar-refractivity contribution is 6.33. The third kappa shape index (κ3) is 3.00. The van der Waals surface area contributed by atoms with E-state index >= 15 is 0 Å². The highest BCUT2D eigenvalue weighted by Crippen LogP contribution is 2.33. The molecule has 0 saturated carbocycles. The van der Waals surface area contributed by atoms with Crippen molar-refractivity contribution in [3.8, 4) is 5.75 Å². The number of nitrogens with zero attached hydrogens (tertiary/aromatic N) is 1. The average molecular weight is 268 g/mol. The van der Waals surface area contributed by atoms with E-state index in [1.165, 1.54) is 0 Å². The summed E-state index contributed by atoms with van der Waals surface area (Å²) in [5.41, 5.74) is -1.40. The number of carbonyl (C=O) groups is 1. The lowest BCUT2D eigenvalue weighted by Crippen LogP contribution is -2.08. The van der Waals surface area contributed by atoms with Crippen LogP contribution in [0.5, 0.6) is 5.75 Å². The van der Waals surface area contributed by atoms with E-state index in [4.69, 9.17) is 16.7 Å². The summed E-state index contributed by atoms with van der Waals surface area (Å²) >= 11 is 5.43. The molecule has 1 N–H and O–H groups in total. The van der Waals surface area contributed by atoms with Crippen molar-refractivity contribution in [2.24, 2.45) is 0 Å². The SMILES string of the molecule is O=C(O)c1cc(Cl)c([N+](=O)[O-])cc1OC(F)F. The van der Waals surface area contributed by atoms with Gasteiger partial charge in [0.2, 0.25) is 0 Å². The van der Waals surface area contributed by atoms with Gasteiger partial charge in [-0.2, -0.15) is 8.78 Å². The van der Waals surface area contributed by atoms with Crippen LogP contribution in [-0.4, -0.2) is 22.6 Å². The van der Waals surface area contributed by atoms with Crippen LogP contribution in [0, 0.1) is 10.1 Å². The Hall–Kier alpha value is -1.96. The zero-order valence-electron chi connectivity index (χ0n) is 7.89. The number of benzene rings is 1. The maximum absolute atomic E-state index is 12.0. The number of nitro groups is 1. The van der Waals surface area contributed by atoms with E-state index in [0.29, 0.717) is 12.1 Å². The van der Waals surface area contributed by atoms with Gasteiger partial charge in [0.25, 0.3) is 5.69 Å². The van der Waals surface area contributed by atoms with Crippen molar-refractivity contribution < 1.29 is 28.3 Å². The van der Waals surface area contributed by atoms with Crippen molar-refractivity contribution in [2.45, 2.75) is 6.61 Å². The predicted molar refractivity (Wildman–Crippen MR) is 51.7 cm³/mol. The summed E-state index contributed by atoms with van der Waals surface area (Å²) in [6.45, 7) is -3.30. The maximum atomic E-state index is 12.0. The molecule has 0 aliphatic rings. The molecule has 0 bridgehead atoms. The molecule has 0 aliphatic heterocycles. The third-order valence-electron chi connectivity index (χ3n) is 1.69. The standard InChI is InChI=1S/C8H4ClF2NO5/c9-4-1-3(7(13)14)6(17-8(10)11)2-5(4)12(15)16/h1-2,8H,(H,13,14). The number of hydrogen-bond donors (Lipinski definition) is 1. The second-order valence-electron chi connectivity index (χ2n) is 2.74. The number of halogens is 3. The van der Waals surface area contributed by atoms with Crippen molar-refractivity contribution in [3.05, 3.63) is 32.8 Å². The van der Waals surface area contributed by atoms with Gasteiger partial charge in [-0.15, -0.1) is 0 Å². The largest absolute Gasteiger partial charge is 0.478 e. The van der Waals surface area contributed by atoms with Crippen molar-refractivity contribution in [2.75, 3.05) is 0 Å². The molecule has 0 amide bonds. The van der Waals surface area contributed by atoms with Crippen molar-refractivity contribution in [3.63, 3.8) is 0 Å². The van der Waals surface area contributed by atoms with Gasteiger partial charge < -0.3 is 9.84 Å². The van der Waals surface area contributed by atoms with E-state index in [0.717, 1.165) is 0 Å². The molecule has 0 aliphatic carbocycles. The van der Waals surface area contributed by atoms with E-state index < -0.39 is 39.5 Å². The zero-order valence-corrected chi connectivity index (χ0v) is 8.65. The highest BCUT2D eigenvalue weighted by atomic mass is 35.5. The number of aromatic carboxylic acids is 1. The smallest absolute Gasteiger partial charge is 0.387 e. The quantitative estimate of drug-likeness (QED) is 0.669. The molecule has 6 nitrogen and oxygen atoms in total. The Morgan fingerprint density at radius 2 is 2.12 bits per heavy atom. The van der Waals surface area contributed by atoms with Crippen LogP contribution in [0.2, 0.25) is 5.02 Å². The Kier molecular flexibility index (Phi) is 3.79. The van der Waals surface area contributed by atoms with E-state index in [-0.39, 0.29) is 0 Å². The predicted octanol–water partition coefficient (Wildman–Crippen LogP) is 2.55. The third-order valence-corrected chi connectivity index (χ3v) is 1.99. The minimum atomic E-state index is -3.30. The van der Waals surface area contributed by atoms with Crippen LogP contribution < -0.4 is 4.74 Å². The lowest BCUT2D eigenvalue weighted by atomic mass is 10.2. The number of nitro benzene ring substituents is 1. The maximum Gasteiger partial charge on any atom is 0.387 e. The zero-order chi connectivity index (χ0) is 13.2. The fourth-order valence-corrected chi connectivity index (χ4v) is 1.28. The van der Waals surface area contributed by atoms with Gasteiger partial charge in [0.1, 0.15) is 16.3 Å². The number of carboxylic acid groups (broad SMARTS) is 1. The van der Waals surface area contributed by atoms with Crippen LogP contribution in [0.15, 0.2) is 12.1 Å². The Labute approximate surface area is 97.5 Å². The second-order valence-corrected chi connectivity index (χ2v) is 3.15. The van der Waals surface area contributed by atoms with Gasteiger partial charge >= 0.3 is 12.6 Å². The van der Waals surface area contributed by atoms with Gasteiger partial charge in [0, 0.05) is 0 Å². The van der Waals surface area contributed by atoms with E-state index in [9.17, 15) is 23.7 Å². The molecule has 0 saturated heterocycles. The molecule has 1 aromatic carbocycles. The summed E-state index contributed by atoms with van der Waals surface area (Å²) < 4.78 is 27.8. The lowest BCUT2D eigenvalue weighted by molar-refractivity contribution is -0.384. The van der Waals surface area contributed by atoms with E-state index in [2.05, 4.69) is 4.74 Å². The number of hydrogen-bond acceptors (Lipinski definition) is 4. The first kappa shape index (κ1) is 13.1. The first-order valence-corrected chi connectivity index (χ1v) is 4.36. The Morgan fingerprint density at radius 1 is 1.53 bits per heavy atom. The van der Waals surface area contributed by atoms with E-state index in [1.807, 2.05) is 0 Å². The first-order chi connectivity index (χ1) is 7.82. The molecule has 0 fully saturated rings. The fourth-order valence-electron chi connectivity index (χ4n) is 1.04. The highest BCUT2D eigenvalue weighted by Gasteiger charge is 2.23. The van der Waals surface area contributed by atoms with Crippen LogP contribution in [0.1, 0.15) is 10.4 Å². The minimum absolute atomic E-state index is 0.478. The summed E-state index contributed by atoms with van der Waals surface area (Å²) in [7, 11) is 0. The average Bonchev–Trinajstić information content (AvgIpc) is 2.18. The molecule has 0 aromatic heterocycles. The molecule has 9 heteroatoms. The normalized spacial score (nSPS) is 10.4. The molecule has 0 atom stereocenters. The second kappa shape index (κ2) is 4.91. The van der Waals surface area contributed by atoms with Gasteiger partial charge in [-0.3, -0.25) is 10.1 Å². The first-order valence-electron chi connectivity index (χ1n) is 3.99. The van der Waals surface area contributed by atoms with Gasteiger partial charge in [-0.05, 0) is 6.07 Å². The molecule has 0 spiro atoms. The molecule has 0 unspecified atom stereocenters.